The van der Waals surface area contributed by atoms with Crippen molar-refractivity contribution in [2.75, 3.05) is 26.7 Å². The zero-order chi connectivity index (χ0) is 15.4. The maximum atomic E-state index is 3.98. The first-order valence-corrected chi connectivity index (χ1v) is 8.95. The Bertz CT molecular complexity index is 439. The first-order valence-electron chi connectivity index (χ1n) is 8.95. The molecule has 0 aliphatic carbocycles. The zero-order valence-electron chi connectivity index (χ0n) is 14.2. The van der Waals surface area contributed by atoms with Crippen molar-refractivity contribution in [2.24, 2.45) is 0 Å². The first kappa shape index (κ1) is 16.0. The second-order valence-electron chi connectivity index (χ2n) is 7.19. The molecule has 2 aliphatic heterocycles. The molecule has 0 bridgehead atoms. The molecule has 2 fully saturated rings. The highest BCUT2D eigenvalue weighted by molar-refractivity contribution is 5.14. The predicted octanol–water partition coefficient (Wildman–Crippen LogP) is 2.72. The van der Waals surface area contributed by atoms with Gasteiger partial charge >= 0.3 is 0 Å². The number of benzene rings is 1. The van der Waals surface area contributed by atoms with E-state index in [1.807, 2.05) is 0 Å². The molecule has 2 atom stereocenters. The van der Waals surface area contributed by atoms with E-state index in [2.05, 4.69) is 59.4 Å². The summed E-state index contributed by atoms with van der Waals surface area (Å²) in [5, 5.41) is 3.98. The van der Waals surface area contributed by atoms with Gasteiger partial charge in [-0.3, -0.25) is 4.90 Å². The van der Waals surface area contributed by atoms with Gasteiger partial charge in [0.25, 0.3) is 0 Å². The Hall–Kier alpha value is -0.900. The third kappa shape index (κ3) is 4.09. The lowest BCUT2D eigenvalue weighted by Crippen LogP contribution is -2.56. The molecule has 0 amide bonds. The van der Waals surface area contributed by atoms with E-state index in [1.54, 1.807) is 0 Å². The SMILES string of the molecule is CC1C(NC2CCN(C)CC2)CCCN1Cc1ccccc1. The average molecular weight is 301 g/mol. The number of nitrogens with zero attached hydrogens (tertiary/aromatic N) is 2. The summed E-state index contributed by atoms with van der Waals surface area (Å²) in [6.07, 6.45) is 5.26. The normalized spacial score (nSPS) is 28.8. The summed E-state index contributed by atoms with van der Waals surface area (Å²) in [6, 6.07) is 12.9. The van der Waals surface area contributed by atoms with Crippen molar-refractivity contribution in [3.05, 3.63) is 35.9 Å². The highest BCUT2D eigenvalue weighted by atomic mass is 15.2. The highest BCUT2D eigenvalue weighted by Gasteiger charge is 2.30. The van der Waals surface area contributed by atoms with Gasteiger partial charge < -0.3 is 10.2 Å². The van der Waals surface area contributed by atoms with Crippen LogP contribution in [-0.4, -0.2) is 54.6 Å². The van der Waals surface area contributed by atoms with Crippen molar-refractivity contribution < 1.29 is 0 Å². The molecule has 2 saturated heterocycles. The van der Waals surface area contributed by atoms with Crippen molar-refractivity contribution in [1.82, 2.24) is 15.1 Å². The number of likely N-dealkylation sites (tertiary alicyclic amines) is 2. The van der Waals surface area contributed by atoms with Gasteiger partial charge in [0, 0.05) is 24.7 Å². The number of hydrogen-bond acceptors (Lipinski definition) is 3. The maximum absolute atomic E-state index is 3.98. The van der Waals surface area contributed by atoms with E-state index in [-0.39, 0.29) is 0 Å². The second kappa shape index (κ2) is 7.58. The molecule has 2 heterocycles. The Balaban J connectivity index is 1.54. The average Bonchev–Trinajstić information content (AvgIpc) is 2.54. The van der Waals surface area contributed by atoms with Crippen LogP contribution in [0.3, 0.4) is 0 Å². The molecule has 0 spiro atoms. The lowest BCUT2D eigenvalue weighted by atomic mass is 9.94. The lowest BCUT2D eigenvalue weighted by molar-refractivity contribution is 0.102. The summed E-state index contributed by atoms with van der Waals surface area (Å²) in [7, 11) is 2.24. The monoisotopic (exact) mass is 301 g/mol. The van der Waals surface area contributed by atoms with Crippen LogP contribution in [-0.2, 0) is 6.54 Å². The van der Waals surface area contributed by atoms with Gasteiger partial charge in [0.1, 0.15) is 0 Å². The topological polar surface area (TPSA) is 18.5 Å². The van der Waals surface area contributed by atoms with Crippen LogP contribution in [0.2, 0.25) is 0 Å². The zero-order valence-corrected chi connectivity index (χ0v) is 14.2. The van der Waals surface area contributed by atoms with Gasteiger partial charge in [0.15, 0.2) is 0 Å². The molecule has 22 heavy (non-hydrogen) atoms. The van der Waals surface area contributed by atoms with Gasteiger partial charge in [-0.05, 0) is 64.9 Å². The van der Waals surface area contributed by atoms with E-state index in [9.17, 15) is 0 Å². The van der Waals surface area contributed by atoms with Crippen LogP contribution in [0, 0.1) is 0 Å². The molecule has 2 aliphatic rings. The molecule has 0 radical (unpaired) electrons. The predicted molar refractivity (Wildman–Crippen MR) is 93.0 cm³/mol. The highest BCUT2D eigenvalue weighted by Crippen LogP contribution is 2.22. The Morgan fingerprint density at radius 2 is 1.77 bits per heavy atom. The van der Waals surface area contributed by atoms with Gasteiger partial charge in [-0.1, -0.05) is 30.3 Å². The van der Waals surface area contributed by atoms with Crippen LogP contribution in [0.1, 0.15) is 38.2 Å². The van der Waals surface area contributed by atoms with Crippen molar-refractivity contribution in [2.45, 2.75) is 57.3 Å². The fourth-order valence-corrected chi connectivity index (χ4v) is 3.96. The molecular weight excluding hydrogens is 270 g/mol. The van der Waals surface area contributed by atoms with Gasteiger partial charge in [0.05, 0.1) is 0 Å². The summed E-state index contributed by atoms with van der Waals surface area (Å²) in [4.78, 5) is 5.11. The van der Waals surface area contributed by atoms with Gasteiger partial charge in [0.2, 0.25) is 0 Å². The van der Waals surface area contributed by atoms with Crippen LogP contribution in [0.15, 0.2) is 30.3 Å². The summed E-state index contributed by atoms with van der Waals surface area (Å²) < 4.78 is 0. The molecule has 0 saturated carbocycles. The maximum Gasteiger partial charge on any atom is 0.0237 e. The van der Waals surface area contributed by atoms with Gasteiger partial charge in [-0.15, -0.1) is 0 Å². The van der Waals surface area contributed by atoms with Crippen LogP contribution in [0.25, 0.3) is 0 Å². The van der Waals surface area contributed by atoms with E-state index >= 15 is 0 Å². The third-order valence-corrected chi connectivity index (χ3v) is 5.52. The Morgan fingerprint density at radius 1 is 1.05 bits per heavy atom. The van der Waals surface area contributed by atoms with Crippen LogP contribution >= 0.6 is 0 Å². The van der Waals surface area contributed by atoms with Crippen LogP contribution in [0.5, 0.6) is 0 Å². The Labute approximate surface area is 135 Å². The molecule has 122 valence electrons. The first-order chi connectivity index (χ1) is 10.7. The second-order valence-corrected chi connectivity index (χ2v) is 7.19. The molecule has 1 aromatic carbocycles. The van der Waals surface area contributed by atoms with Crippen molar-refractivity contribution in [3.8, 4) is 0 Å². The number of rotatable bonds is 4. The molecule has 3 heteroatoms. The van der Waals surface area contributed by atoms with Gasteiger partial charge in [-0.2, -0.15) is 0 Å². The third-order valence-electron chi connectivity index (χ3n) is 5.52. The van der Waals surface area contributed by atoms with E-state index in [0.29, 0.717) is 12.1 Å². The molecule has 3 rings (SSSR count). The molecule has 1 N–H and O–H groups in total. The molecular formula is C19H31N3. The quantitative estimate of drug-likeness (QED) is 0.922. The minimum atomic E-state index is 0.633. The summed E-state index contributed by atoms with van der Waals surface area (Å²) >= 11 is 0. The van der Waals surface area contributed by atoms with E-state index in [1.165, 1.54) is 50.9 Å². The summed E-state index contributed by atoms with van der Waals surface area (Å²) in [5.41, 5.74) is 1.44. The minimum absolute atomic E-state index is 0.633. The van der Waals surface area contributed by atoms with E-state index < -0.39 is 0 Å². The fourth-order valence-electron chi connectivity index (χ4n) is 3.96. The van der Waals surface area contributed by atoms with Crippen LogP contribution < -0.4 is 5.32 Å². The number of hydrogen-bond donors (Lipinski definition) is 1. The van der Waals surface area contributed by atoms with Crippen molar-refractivity contribution >= 4 is 0 Å². The van der Waals surface area contributed by atoms with Crippen molar-refractivity contribution in [3.63, 3.8) is 0 Å². The largest absolute Gasteiger partial charge is 0.310 e. The summed E-state index contributed by atoms with van der Waals surface area (Å²) in [5.74, 6) is 0. The smallest absolute Gasteiger partial charge is 0.0237 e. The lowest BCUT2D eigenvalue weighted by Gasteiger charge is -2.42. The minimum Gasteiger partial charge on any atom is -0.310 e. The standard InChI is InChI=1S/C19H31N3/c1-16-19(20-18-10-13-21(2)14-11-18)9-6-12-22(16)15-17-7-4-3-5-8-17/h3-5,7-8,16,18-20H,6,9-15H2,1-2H3. The van der Waals surface area contributed by atoms with E-state index in [4.69, 9.17) is 0 Å². The number of piperidine rings is 2. The Morgan fingerprint density at radius 3 is 2.50 bits per heavy atom. The molecule has 0 aromatic heterocycles. The van der Waals surface area contributed by atoms with Gasteiger partial charge in [-0.25, -0.2) is 0 Å². The summed E-state index contributed by atoms with van der Waals surface area (Å²) in [6.45, 7) is 7.23. The Kier molecular flexibility index (Phi) is 5.51. The molecule has 2 unspecified atom stereocenters. The fraction of sp³-hybridized carbons (Fsp3) is 0.684. The van der Waals surface area contributed by atoms with E-state index in [0.717, 1.165) is 12.6 Å². The van der Waals surface area contributed by atoms with Crippen molar-refractivity contribution in [1.29, 1.82) is 0 Å². The number of nitrogens with one attached hydrogen (secondary N) is 1. The van der Waals surface area contributed by atoms with Crippen LogP contribution in [0.4, 0.5) is 0 Å². The molecule has 3 nitrogen and oxygen atoms in total. The molecule has 1 aromatic rings.